The number of rotatable bonds is 0. The minimum atomic E-state index is 0. The van der Waals surface area contributed by atoms with Crippen molar-refractivity contribution in [1.82, 2.24) is 0 Å². The molecule has 0 atom stereocenters. The first-order valence-corrected chi connectivity index (χ1v) is 3.21. The van der Waals surface area contributed by atoms with E-state index < -0.39 is 0 Å². The van der Waals surface area contributed by atoms with E-state index >= 15 is 0 Å². The van der Waals surface area contributed by atoms with Crippen molar-refractivity contribution in [3.8, 4) is 0 Å². The number of fused-ring (bicyclic) bond motifs is 1. The molecule has 0 unspecified atom stereocenters. The molecule has 0 bridgehead atoms. The van der Waals surface area contributed by atoms with Gasteiger partial charge < -0.3 is 0 Å². The largest absolute Gasteiger partial charge is 0.0795 e. The Kier molecular flexibility index (Phi) is 2.61. The van der Waals surface area contributed by atoms with Crippen LogP contribution in [0.2, 0.25) is 0 Å². The van der Waals surface area contributed by atoms with Gasteiger partial charge in [-0.3, -0.25) is 0 Å². The average Bonchev–Trinajstić information content (AvgIpc) is 2.33. The number of benzene rings is 1. The fraction of sp³-hybridized carbons (Fsp3) is 0.111. The van der Waals surface area contributed by atoms with Crippen LogP contribution in [0.25, 0.3) is 6.08 Å². The standard InChI is InChI=1S/C9H8.Hf/c1-2-5-9-7-3-6-8(9)4-1;/h1-6H,7H2;. The fourth-order valence-corrected chi connectivity index (χ4v) is 1.20. The van der Waals surface area contributed by atoms with Crippen molar-refractivity contribution in [1.29, 1.82) is 0 Å². The van der Waals surface area contributed by atoms with E-state index in [-0.39, 0.29) is 25.8 Å². The van der Waals surface area contributed by atoms with E-state index in [2.05, 4.69) is 36.4 Å². The van der Waals surface area contributed by atoms with Crippen molar-refractivity contribution in [3.63, 3.8) is 0 Å². The molecule has 0 aliphatic heterocycles. The van der Waals surface area contributed by atoms with Crippen LogP contribution in [-0.4, -0.2) is 0 Å². The van der Waals surface area contributed by atoms with Gasteiger partial charge in [0.2, 0.25) is 0 Å². The zero-order valence-electron chi connectivity index (χ0n) is 5.67. The van der Waals surface area contributed by atoms with E-state index in [0.29, 0.717) is 0 Å². The Morgan fingerprint density at radius 1 is 1.10 bits per heavy atom. The summed E-state index contributed by atoms with van der Waals surface area (Å²) in [6.45, 7) is 0. The third-order valence-electron chi connectivity index (χ3n) is 1.69. The summed E-state index contributed by atoms with van der Waals surface area (Å²) in [5.74, 6) is 0. The third-order valence-corrected chi connectivity index (χ3v) is 1.69. The minimum absolute atomic E-state index is 0. The Balaban J connectivity index is 0.000000500. The second kappa shape index (κ2) is 3.29. The van der Waals surface area contributed by atoms with Crippen LogP contribution in [0, 0.1) is 0 Å². The summed E-state index contributed by atoms with van der Waals surface area (Å²) < 4.78 is 0. The molecule has 2 rings (SSSR count). The van der Waals surface area contributed by atoms with Crippen LogP contribution in [0.15, 0.2) is 30.3 Å². The Hall–Kier alpha value is -0.170. The second-order valence-electron chi connectivity index (χ2n) is 2.31. The summed E-state index contributed by atoms with van der Waals surface area (Å²) >= 11 is 0. The molecule has 0 heterocycles. The molecule has 0 N–H and O–H groups in total. The van der Waals surface area contributed by atoms with Crippen molar-refractivity contribution in [3.05, 3.63) is 41.5 Å². The number of hydrogen-bond donors (Lipinski definition) is 0. The molecule has 0 spiro atoms. The first-order chi connectivity index (χ1) is 4.47. The van der Waals surface area contributed by atoms with Crippen molar-refractivity contribution in [2.24, 2.45) is 0 Å². The molecule has 1 aliphatic carbocycles. The molecule has 1 heteroatoms. The van der Waals surface area contributed by atoms with E-state index in [1.165, 1.54) is 11.1 Å². The summed E-state index contributed by atoms with van der Waals surface area (Å²) in [6.07, 6.45) is 5.50. The fourth-order valence-electron chi connectivity index (χ4n) is 1.20. The predicted molar refractivity (Wildman–Crippen MR) is 39.2 cm³/mol. The monoisotopic (exact) mass is 296 g/mol. The van der Waals surface area contributed by atoms with Crippen LogP contribution >= 0.6 is 0 Å². The van der Waals surface area contributed by atoms with Crippen LogP contribution in [0.4, 0.5) is 0 Å². The first-order valence-electron chi connectivity index (χ1n) is 3.21. The maximum Gasteiger partial charge on any atom is 0 e. The van der Waals surface area contributed by atoms with Gasteiger partial charge in [0, 0.05) is 25.8 Å². The summed E-state index contributed by atoms with van der Waals surface area (Å²) in [7, 11) is 0. The van der Waals surface area contributed by atoms with Crippen LogP contribution in [0.5, 0.6) is 0 Å². The van der Waals surface area contributed by atoms with E-state index in [4.69, 9.17) is 0 Å². The molecule has 0 saturated heterocycles. The Bertz CT molecular complexity index is 251. The number of allylic oxidation sites excluding steroid dienone is 1. The van der Waals surface area contributed by atoms with Crippen molar-refractivity contribution in [2.45, 2.75) is 6.42 Å². The van der Waals surface area contributed by atoms with E-state index in [1.807, 2.05) is 0 Å². The van der Waals surface area contributed by atoms with Crippen molar-refractivity contribution < 1.29 is 25.8 Å². The maximum absolute atomic E-state index is 2.20. The second-order valence-corrected chi connectivity index (χ2v) is 2.31. The molecule has 48 valence electrons. The Morgan fingerprint density at radius 2 is 1.90 bits per heavy atom. The van der Waals surface area contributed by atoms with E-state index in [1.54, 1.807) is 0 Å². The molecule has 0 saturated carbocycles. The first kappa shape index (κ1) is 7.93. The zero-order valence-corrected chi connectivity index (χ0v) is 9.26. The van der Waals surface area contributed by atoms with Gasteiger partial charge in [0.25, 0.3) is 0 Å². The Morgan fingerprint density at radius 3 is 2.70 bits per heavy atom. The van der Waals surface area contributed by atoms with Gasteiger partial charge in [0.1, 0.15) is 0 Å². The topological polar surface area (TPSA) is 0 Å². The van der Waals surface area contributed by atoms with E-state index in [0.717, 1.165) is 6.42 Å². The summed E-state index contributed by atoms with van der Waals surface area (Å²) in [4.78, 5) is 0. The molecule has 0 fully saturated rings. The quantitative estimate of drug-likeness (QED) is 0.644. The van der Waals surface area contributed by atoms with Crippen LogP contribution < -0.4 is 0 Å². The van der Waals surface area contributed by atoms with Gasteiger partial charge in [-0.2, -0.15) is 0 Å². The molecule has 0 nitrogen and oxygen atoms in total. The normalized spacial score (nSPS) is 12.4. The summed E-state index contributed by atoms with van der Waals surface area (Å²) in [5, 5.41) is 0. The third kappa shape index (κ3) is 1.29. The van der Waals surface area contributed by atoms with Crippen LogP contribution in [-0.2, 0) is 32.3 Å². The number of hydrogen-bond acceptors (Lipinski definition) is 0. The molecular formula is C9H8Hf. The SMILES string of the molecule is C1=Cc2ccccc2C1.[Hf]. The van der Waals surface area contributed by atoms with Gasteiger partial charge in [0.15, 0.2) is 0 Å². The predicted octanol–water partition coefficient (Wildman–Crippen LogP) is 2.25. The van der Waals surface area contributed by atoms with Crippen LogP contribution in [0.1, 0.15) is 11.1 Å². The molecular weight excluding hydrogens is 287 g/mol. The average molecular weight is 295 g/mol. The van der Waals surface area contributed by atoms with Gasteiger partial charge in [-0.15, -0.1) is 0 Å². The van der Waals surface area contributed by atoms with Gasteiger partial charge >= 0.3 is 0 Å². The Labute approximate surface area is 79.7 Å². The molecule has 1 aliphatic rings. The maximum atomic E-state index is 2.20. The van der Waals surface area contributed by atoms with Gasteiger partial charge in [0.05, 0.1) is 0 Å². The molecule has 1 aromatic rings. The molecule has 0 aromatic heterocycles. The zero-order chi connectivity index (χ0) is 6.10. The molecule has 10 heavy (non-hydrogen) atoms. The van der Waals surface area contributed by atoms with Crippen molar-refractivity contribution >= 4 is 6.08 Å². The van der Waals surface area contributed by atoms with Gasteiger partial charge in [-0.1, -0.05) is 36.4 Å². The van der Waals surface area contributed by atoms with Crippen molar-refractivity contribution in [2.75, 3.05) is 0 Å². The van der Waals surface area contributed by atoms with Crippen LogP contribution in [0.3, 0.4) is 0 Å². The smallest absolute Gasteiger partial charge is 0 e. The summed E-state index contributed by atoms with van der Waals surface area (Å²) in [5.41, 5.74) is 2.84. The molecule has 0 radical (unpaired) electrons. The van der Waals surface area contributed by atoms with E-state index in [9.17, 15) is 0 Å². The van der Waals surface area contributed by atoms with Gasteiger partial charge in [-0.05, 0) is 17.5 Å². The molecule has 0 amide bonds. The molecule has 1 aromatic carbocycles. The van der Waals surface area contributed by atoms with Gasteiger partial charge in [-0.25, -0.2) is 0 Å². The summed E-state index contributed by atoms with van der Waals surface area (Å²) in [6, 6.07) is 8.49. The minimum Gasteiger partial charge on any atom is -0.0795 e.